The third-order valence-electron chi connectivity index (χ3n) is 1.02. The highest BCUT2D eigenvalue weighted by atomic mass is 35.5. The average Bonchev–Trinajstić information content (AvgIpc) is 2.36. The monoisotopic (exact) mass is 191 g/mol. The molecular weight excluding hydrogens is 186 g/mol. The molecule has 1 aromatic heterocycles. The van der Waals surface area contributed by atoms with E-state index in [0.717, 1.165) is 0 Å². The third kappa shape index (κ3) is 1.92. The van der Waals surface area contributed by atoms with Gasteiger partial charge in [0, 0.05) is 0 Å². The number of amides is 1. The minimum atomic E-state index is -0.312. The van der Waals surface area contributed by atoms with Crippen molar-refractivity contribution < 1.29 is 9.63 Å². The number of hydroxylamine groups is 1. The van der Waals surface area contributed by atoms with Gasteiger partial charge in [0.25, 0.3) is 5.91 Å². The van der Waals surface area contributed by atoms with Crippen LogP contribution in [0, 0.1) is 0 Å². The zero-order valence-electron chi connectivity index (χ0n) is 5.76. The first-order valence-corrected chi connectivity index (χ1v) is 4.07. The van der Waals surface area contributed by atoms with Gasteiger partial charge in [-0.1, -0.05) is 11.6 Å². The minimum Gasteiger partial charge on any atom is -0.277 e. The standard InChI is InChI=1S/C6H6ClNO2S/c1-10-8-6(9)5-4(7)2-3-11-5/h2-3H,1H3,(H,8,9). The van der Waals surface area contributed by atoms with Crippen molar-refractivity contribution in [2.24, 2.45) is 0 Å². The minimum absolute atomic E-state index is 0.312. The molecule has 11 heavy (non-hydrogen) atoms. The molecule has 1 aromatic rings. The summed E-state index contributed by atoms with van der Waals surface area (Å²) in [7, 11) is 1.37. The molecule has 1 heterocycles. The predicted molar refractivity (Wildman–Crippen MR) is 43.8 cm³/mol. The van der Waals surface area contributed by atoms with E-state index >= 15 is 0 Å². The van der Waals surface area contributed by atoms with Crippen LogP contribution in [0.15, 0.2) is 11.4 Å². The van der Waals surface area contributed by atoms with Gasteiger partial charge in [0.15, 0.2) is 0 Å². The lowest BCUT2D eigenvalue weighted by Gasteiger charge is -1.97. The molecule has 0 unspecified atom stereocenters. The van der Waals surface area contributed by atoms with Gasteiger partial charge in [-0.15, -0.1) is 11.3 Å². The molecule has 3 nitrogen and oxygen atoms in total. The molecule has 0 aliphatic carbocycles. The second-order valence-electron chi connectivity index (χ2n) is 1.73. The Hall–Kier alpha value is -0.580. The van der Waals surface area contributed by atoms with E-state index in [9.17, 15) is 4.79 Å². The highest BCUT2D eigenvalue weighted by molar-refractivity contribution is 7.12. The lowest BCUT2D eigenvalue weighted by Crippen LogP contribution is -2.20. The van der Waals surface area contributed by atoms with Crippen LogP contribution >= 0.6 is 22.9 Å². The maximum Gasteiger partial charge on any atom is 0.286 e. The summed E-state index contributed by atoms with van der Waals surface area (Å²) in [5.41, 5.74) is 2.18. The van der Waals surface area contributed by atoms with Crippen molar-refractivity contribution in [1.82, 2.24) is 5.48 Å². The highest BCUT2D eigenvalue weighted by Gasteiger charge is 2.10. The Bertz CT molecular complexity index is 261. The summed E-state index contributed by atoms with van der Waals surface area (Å²) in [6.45, 7) is 0. The van der Waals surface area contributed by atoms with Crippen LogP contribution < -0.4 is 5.48 Å². The fraction of sp³-hybridized carbons (Fsp3) is 0.167. The normalized spacial score (nSPS) is 9.64. The van der Waals surface area contributed by atoms with E-state index in [1.807, 2.05) is 0 Å². The zero-order chi connectivity index (χ0) is 8.27. The second kappa shape index (κ2) is 3.71. The predicted octanol–water partition coefficient (Wildman–Crippen LogP) is 1.69. The Morgan fingerprint density at radius 1 is 1.82 bits per heavy atom. The molecule has 0 aromatic carbocycles. The summed E-state index contributed by atoms with van der Waals surface area (Å²) in [5, 5.41) is 2.19. The Morgan fingerprint density at radius 2 is 2.55 bits per heavy atom. The van der Waals surface area contributed by atoms with Crippen LogP contribution in [0.3, 0.4) is 0 Å². The molecule has 5 heteroatoms. The molecule has 1 amide bonds. The van der Waals surface area contributed by atoms with E-state index in [1.54, 1.807) is 11.4 Å². The number of halogens is 1. The Morgan fingerprint density at radius 3 is 3.00 bits per heavy atom. The smallest absolute Gasteiger partial charge is 0.277 e. The first-order valence-electron chi connectivity index (χ1n) is 2.82. The molecule has 0 atom stereocenters. The topological polar surface area (TPSA) is 38.3 Å². The highest BCUT2D eigenvalue weighted by Crippen LogP contribution is 2.21. The van der Waals surface area contributed by atoms with Crippen LogP contribution in [-0.4, -0.2) is 13.0 Å². The Kier molecular flexibility index (Phi) is 2.87. The molecule has 0 saturated heterocycles. The quantitative estimate of drug-likeness (QED) is 0.723. The first kappa shape index (κ1) is 8.52. The van der Waals surface area contributed by atoms with Gasteiger partial charge in [-0.25, -0.2) is 5.48 Å². The van der Waals surface area contributed by atoms with Crippen molar-refractivity contribution in [2.45, 2.75) is 0 Å². The van der Waals surface area contributed by atoms with E-state index in [1.165, 1.54) is 18.4 Å². The summed E-state index contributed by atoms with van der Waals surface area (Å²) < 4.78 is 0. The van der Waals surface area contributed by atoms with E-state index in [2.05, 4.69) is 10.3 Å². The number of hydrogen-bond donors (Lipinski definition) is 1. The molecule has 0 aliphatic heterocycles. The van der Waals surface area contributed by atoms with Crippen LogP contribution in [0.4, 0.5) is 0 Å². The largest absolute Gasteiger partial charge is 0.286 e. The molecule has 60 valence electrons. The molecule has 1 rings (SSSR count). The van der Waals surface area contributed by atoms with Crippen molar-refractivity contribution in [3.05, 3.63) is 21.3 Å². The molecular formula is C6H6ClNO2S. The molecule has 1 N–H and O–H groups in total. The van der Waals surface area contributed by atoms with Crippen molar-refractivity contribution in [3.8, 4) is 0 Å². The zero-order valence-corrected chi connectivity index (χ0v) is 7.33. The van der Waals surface area contributed by atoms with Gasteiger partial charge >= 0.3 is 0 Å². The van der Waals surface area contributed by atoms with E-state index < -0.39 is 0 Å². The van der Waals surface area contributed by atoms with Gasteiger partial charge in [-0.3, -0.25) is 9.63 Å². The van der Waals surface area contributed by atoms with Gasteiger partial charge in [0.1, 0.15) is 4.88 Å². The number of carbonyl (C=O) groups excluding carboxylic acids is 1. The van der Waals surface area contributed by atoms with Gasteiger partial charge in [0.2, 0.25) is 0 Å². The lowest BCUT2D eigenvalue weighted by molar-refractivity contribution is 0.0542. The van der Waals surface area contributed by atoms with Crippen LogP contribution in [0.1, 0.15) is 9.67 Å². The van der Waals surface area contributed by atoms with Crippen molar-refractivity contribution >= 4 is 28.8 Å². The molecule has 0 spiro atoms. The molecule has 0 bridgehead atoms. The lowest BCUT2D eigenvalue weighted by atomic mass is 10.4. The fourth-order valence-corrected chi connectivity index (χ4v) is 1.62. The summed E-state index contributed by atoms with van der Waals surface area (Å²) in [6.07, 6.45) is 0. The summed E-state index contributed by atoms with van der Waals surface area (Å²) in [5.74, 6) is -0.312. The number of hydrogen-bond acceptors (Lipinski definition) is 3. The van der Waals surface area contributed by atoms with Crippen LogP contribution in [0.2, 0.25) is 5.02 Å². The second-order valence-corrected chi connectivity index (χ2v) is 3.06. The first-order chi connectivity index (χ1) is 5.25. The molecule has 0 radical (unpaired) electrons. The van der Waals surface area contributed by atoms with Gasteiger partial charge in [-0.05, 0) is 11.4 Å². The molecule has 0 saturated carbocycles. The number of thiophene rings is 1. The van der Waals surface area contributed by atoms with Crippen molar-refractivity contribution in [1.29, 1.82) is 0 Å². The van der Waals surface area contributed by atoms with E-state index in [4.69, 9.17) is 11.6 Å². The summed E-state index contributed by atoms with van der Waals surface area (Å²) in [6, 6.07) is 1.66. The van der Waals surface area contributed by atoms with Crippen LogP contribution in [0.5, 0.6) is 0 Å². The summed E-state index contributed by atoms with van der Waals surface area (Å²) in [4.78, 5) is 15.9. The third-order valence-corrected chi connectivity index (χ3v) is 2.36. The summed E-state index contributed by atoms with van der Waals surface area (Å²) >= 11 is 6.94. The van der Waals surface area contributed by atoms with Crippen molar-refractivity contribution in [3.63, 3.8) is 0 Å². The molecule has 0 fully saturated rings. The maximum absolute atomic E-state index is 11.0. The average molecular weight is 192 g/mol. The molecule has 0 aliphatic rings. The van der Waals surface area contributed by atoms with E-state index in [-0.39, 0.29) is 5.91 Å². The van der Waals surface area contributed by atoms with Crippen molar-refractivity contribution in [2.75, 3.05) is 7.11 Å². The fourth-order valence-electron chi connectivity index (χ4n) is 0.595. The Balaban J connectivity index is 2.76. The number of nitrogens with one attached hydrogen (secondary N) is 1. The van der Waals surface area contributed by atoms with Gasteiger partial charge in [-0.2, -0.15) is 0 Å². The maximum atomic E-state index is 11.0. The number of rotatable bonds is 2. The van der Waals surface area contributed by atoms with Crippen LogP contribution in [-0.2, 0) is 4.84 Å². The van der Waals surface area contributed by atoms with Gasteiger partial charge in [0.05, 0.1) is 12.1 Å². The number of carbonyl (C=O) groups is 1. The van der Waals surface area contributed by atoms with E-state index in [0.29, 0.717) is 9.90 Å². The SMILES string of the molecule is CONC(=O)c1sccc1Cl. The van der Waals surface area contributed by atoms with Gasteiger partial charge < -0.3 is 0 Å². The van der Waals surface area contributed by atoms with Crippen LogP contribution in [0.25, 0.3) is 0 Å². The Labute approximate surface area is 72.9 Å².